The van der Waals surface area contributed by atoms with Gasteiger partial charge in [0, 0.05) is 35.1 Å². The third kappa shape index (κ3) is 3.32. The Balaban J connectivity index is 1.82. The Morgan fingerprint density at radius 1 is 1.07 bits per heavy atom. The molecule has 0 aromatic heterocycles. The molecule has 0 saturated heterocycles. The number of benzene rings is 2. The van der Waals surface area contributed by atoms with Gasteiger partial charge >= 0.3 is 0 Å². The molecule has 27 heavy (non-hydrogen) atoms. The van der Waals surface area contributed by atoms with Gasteiger partial charge < -0.3 is 0 Å². The van der Waals surface area contributed by atoms with Gasteiger partial charge in [0.25, 0.3) is 0 Å². The second-order valence-electron chi connectivity index (χ2n) is 7.20. The number of halogens is 1. The lowest BCUT2D eigenvalue weighted by Crippen LogP contribution is -2.40. The van der Waals surface area contributed by atoms with Gasteiger partial charge in [-0.05, 0) is 48.6 Å². The van der Waals surface area contributed by atoms with Crippen molar-refractivity contribution in [3.05, 3.63) is 76.0 Å². The zero-order valence-corrected chi connectivity index (χ0v) is 16.1. The van der Waals surface area contributed by atoms with Crippen LogP contribution in [0.4, 0.5) is 5.69 Å². The van der Waals surface area contributed by atoms with Gasteiger partial charge in [-0.25, -0.2) is 0 Å². The predicted octanol–water partition coefficient (Wildman–Crippen LogP) is 5.43. The summed E-state index contributed by atoms with van der Waals surface area (Å²) in [7, 11) is 0. The molecule has 0 saturated carbocycles. The van der Waals surface area contributed by atoms with Gasteiger partial charge in [-0.15, -0.1) is 0 Å². The Morgan fingerprint density at radius 2 is 1.85 bits per heavy atom. The number of nitrogens with zero attached hydrogens (tertiary/aromatic N) is 1. The molecular weight excluding hydrogens is 358 g/mol. The number of rotatable bonds is 3. The minimum Gasteiger partial charge on any atom is -0.294 e. The van der Waals surface area contributed by atoms with E-state index >= 15 is 0 Å². The van der Waals surface area contributed by atoms with Crippen LogP contribution in [0.5, 0.6) is 0 Å². The third-order valence-electron chi connectivity index (χ3n) is 5.53. The summed E-state index contributed by atoms with van der Waals surface area (Å²) in [5, 5.41) is 0.585. The van der Waals surface area contributed by atoms with E-state index in [9.17, 15) is 9.59 Å². The first kappa shape index (κ1) is 18.0. The molecule has 0 bridgehead atoms. The smallest absolute Gasteiger partial charge is 0.232 e. The lowest BCUT2D eigenvalue weighted by atomic mass is 9.77. The van der Waals surface area contributed by atoms with E-state index in [1.54, 1.807) is 17.0 Å². The molecule has 0 fully saturated rings. The highest BCUT2D eigenvalue weighted by Gasteiger charge is 2.39. The van der Waals surface area contributed by atoms with Gasteiger partial charge in [0.15, 0.2) is 5.78 Å². The predicted molar refractivity (Wildman–Crippen MR) is 108 cm³/mol. The van der Waals surface area contributed by atoms with Gasteiger partial charge in [0.1, 0.15) is 0 Å². The molecule has 0 N–H and O–H groups in total. The summed E-state index contributed by atoms with van der Waals surface area (Å²) in [4.78, 5) is 27.7. The van der Waals surface area contributed by atoms with E-state index in [1.165, 1.54) is 5.56 Å². The molecule has 1 heterocycles. The van der Waals surface area contributed by atoms with Crippen LogP contribution in [-0.2, 0) is 16.0 Å². The first-order valence-corrected chi connectivity index (χ1v) is 9.90. The van der Waals surface area contributed by atoms with Crippen LogP contribution in [0.25, 0.3) is 0 Å². The number of hydrogen-bond acceptors (Lipinski definition) is 2. The molecule has 1 unspecified atom stereocenters. The highest BCUT2D eigenvalue weighted by atomic mass is 35.5. The fourth-order valence-corrected chi connectivity index (χ4v) is 4.36. The number of aryl methyl sites for hydroxylation is 1. The van der Waals surface area contributed by atoms with Crippen molar-refractivity contribution in [3.63, 3.8) is 0 Å². The number of carbonyl (C=O) groups excluding carboxylic acids is 2. The Kier molecular flexibility index (Phi) is 4.88. The van der Waals surface area contributed by atoms with Crippen molar-refractivity contribution in [2.75, 3.05) is 4.90 Å². The Bertz CT molecular complexity index is 930. The molecule has 138 valence electrons. The summed E-state index contributed by atoms with van der Waals surface area (Å²) >= 11 is 6.15. The maximum Gasteiger partial charge on any atom is 0.232 e. The van der Waals surface area contributed by atoms with Crippen LogP contribution in [0.3, 0.4) is 0 Å². The largest absolute Gasteiger partial charge is 0.294 e. The van der Waals surface area contributed by atoms with Crippen LogP contribution >= 0.6 is 11.6 Å². The van der Waals surface area contributed by atoms with Crippen LogP contribution < -0.4 is 4.90 Å². The SMILES string of the molecule is CCc1ccc(C2CC(=O)N(c3cccc(Cl)c3)C3=C2C(=O)CCC3)cc1. The third-order valence-corrected chi connectivity index (χ3v) is 5.77. The fourth-order valence-electron chi connectivity index (χ4n) is 4.18. The number of Topliss-reactive ketones (excluding diaryl/α,β-unsaturated/α-hetero) is 1. The van der Waals surface area contributed by atoms with E-state index in [-0.39, 0.29) is 17.6 Å². The van der Waals surface area contributed by atoms with E-state index in [2.05, 4.69) is 31.2 Å². The van der Waals surface area contributed by atoms with Crippen LogP contribution in [0.1, 0.15) is 49.7 Å². The highest BCUT2D eigenvalue weighted by molar-refractivity contribution is 6.31. The first-order chi connectivity index (χ1) is 13.1. The minimum atomic E-state index is -0.151. The molecule has 0 radical (unpaired) electrons. The van der Waals surface area contributed by atoms with E-state index in [0.29, 0.717) is 17.9 Å². The molecule has 1 aliphatic heterocycles. The number of allylic oxidation sites excluding steroid dienone is 2. The molecule has 4 rings (SSSR count). The molecule has 2 aliphatic rings. The van der Waals surface area contributed by atoms with E-state index in [4.69, 9.17) is 11.6 Å². The molecule has 0 spiro atoms. The Labute approximate surface area is 164 Å². The average Bonchev–Trinajstić information content (AvgIpc) is 2.67. The van der Waals surface area contributed by atoms with Crippen molar-refractivity contribution in [2.45, 2.75) is 44.9 Å². The zero-order valence-electron chi connectivity index (χ0n) is 15.4. The zero-order chi connectivity index (χ0) is 19.0. The summed E-state index contributed by atoms with van der Waals surface area (Å²) in [5.74, 6) is 0.0391. The van der Waals surface area contributed by atoms with Crippen molar-refractivity contribution in [3.8, 4) is 0 Å². The normalized spacial score (nSPS) is 20.1. The Hall–Kier alpha value is -2.39. The van der Waals surface area contributed by atoms with Crippen LogP contribution in [0, 0.1) is 0 Å². The Morgan fingerprint density at radius 3 is 2.56 bits per heavy atom. The van der Waals surface area contributed by atoms with E-state index in [0.717, 1.165) is 41.8 Å². The standard InChI is InChI=1S/C23H22ClNO2/c1-2-15-9-11-16(12-10-15)19-14-22(27)25(18-6-3-5-17(24)13-18)20-7-4-8-21(26)23(19)20/h3,5-6,9-13,19H,2,4,7-8,14H2,1H3. The molecule has 1 amide bonds. The van der Waals surface area contributed by atoms with Crippen molar-refractivity contribution in [2.24, 2.45) is 0 Å². The molecule has 2 aromatic carbocycles. The maximum atomic E-state index is 13.1. The summed E-state index contributed by atoms with van der Waals surface area (Å²) in [6.07, 6.45) is 3.36. The molecule has 1 atom stereocenters. The molecule has 1 aliphatic carbocycles. The van der Waals surface area contributed by atoms with Crippen molar-refractivity contribution < 1.29 is 9.59 Å². The molecular formula is C23H22ClNO2. The first-order valence-electron chi connectivity index (χ1n) is 9.52. The van der Waals surface area contributed by atoms with Gasteiger partial charge in [-0.1, -0.05) is 48.9 Å². The van der Waals surface area contributed by atoms with Crippen molar-refractivity contribution in [1.29, 1.82) is 0 Å². The van der Waals surface area contributed by atoms with Gasteiger partial charge in [-0.3, -0.25) is 14.5 Å². The number of anilines is 1. The monoisotopic (exact) mass is 379 g/mol. The summed E-state index contributed by atoms with van der Waals surface area (Å²) in [6, 6.07) is 15.6. The number of hydrogen-bond donors (Lipinski definition) is 0. The minimum absolute atomic E-state index is 0.0234. The molecule has 3 nitrogen and oxygen atoms in total. The van der Waals surface area contributed by atoms with Crippen LogP contribution in [0.2, 0.25) is 5.02 Å². The van der Waals surface area contributed by atoms with Gasteiger partial charge in [-0.2, -0.15) is 0 Å². The summed E-state index contributed by atoms with van der Waals surface area (Å²) < 4.78 is 0. The fraction of sp³-hybridized carbons (Fsp3) is 0.304. The average molecular weight is 380 g/mol. The van der Waals surface area contributed by atoms with Crippen LogP contribution in [-0.4, -0.2) is 11.7 Å². The topological polar surface area (TPSA) is 37.4 Å². The van der Waals surface area contributed by atoms with Crippen LogP contribution in [0.15, 0.2) is 59.8 Å². The highest BCUT2D eigenvalue weighted by Crippen LogP contribution is 2.43. The van der Waals surface area contributed by atoms with Crippen molar-refractivity contribution in [1.82, 2.24) is 0 Å². The second-order valence-corrected chi connectivity index (χ2v) is 7.63. The maximum absolute atomic E-state index is 13.1. The molecule has 2 aromatic rings. The molecule has 4 heteroatoms. The summed E-state index contributed by atoms with van der Waals surface area (Å²) in [6.45, 7) is 2.12. The van der Waals surface area contributed by atoms with E-state index in [1.807, 2.05) is 12.1 Å². The van der Waals surface area contributed by atoms with Gasteiger partial charge in [0.05, 0.1) is 5.69 Å². The number of carbonyl (C=O) groups is 2. The van der Waals surface area contributed by atoms with E-state index < -0.39 is 0 Å². The quantitative estimate of drug-likeness (QED) is 0.713. The van der Waals surface area contributed by atoms with Gasteiger partial charge in [0.2, 0.25) is 5.91 Å². The second kappa shape index (κ2) is 7.32. The lowest BCUT2D eigenvalue weighted by molar-refractivity contribution is -0.119. The summed E-state index contributed by atoms with van der Waals surface area (Å²) in [5.41, 5.74) is 4.72. The number of amides is 1. The lowest BCUT2D eigenvalue weighted by Gasteiger charge is -2.38. The van der Waals surface area contributed by atoms with Crippen molar-refractivity contribution >= 4 is 29.0 Å². The number of ketones is 1.